The van der Waals surface area contributed by atoms with Crippen molar-refractivity contribution in [2.75, 3.05) is 18.4 Å². The number of carbonyl (C=O) groups is 2. The van der Waals surface area contributed by atoms with Gasteiger partial charge in [0.15, 0.2) is 0 Å². The highest BCUT2D eigenvalue weighted by Crippen LogP contribution is 2.25. The maximum absolute atomic E-state index is 12.7. The van der Waals surface area contributed by atoms with E-state index >= 15 is 0 Å². The zero-order valence-corrected chi connectivity index (χ0v) is 17.6. The fraction of sp³-hybridized carbons (Fsp3) is 0.636. The van der Waals surface area contributed by atoms with Crippen molar-refractivity contribution in [3.05, 3.63) is 24.3 Å². The number of para-hydroxylation sites is 2. The number of nitrogens with one attached hydrogen (secondary N) is 3. The Morgan fingerprint density at radius 1 is 0.966 bits per heavy atom. The molecule has 1 aliphatic heterocycles. The van der Waals surface area contributed by atoms with E-state index in [-0.39, 0.29) is 24.2 Å². The minimum Gasteiger partial charge on any atom is -0.489 e. The number of nitrogens with zero attached hydrogens (tertiary/aromatic N) is 1. The van der Waals surface area contributed by atoms with Gasteiger partial charge in [-0.15, -0.1) is 0 Å². The van der Waals surface area contributed by atoms with Crippen molar-refractivity contribution in [3.8, 4) is 5.75 Å². The molecule has 0 spiro atoms. The highest BCUT2D eigenvalue weighted by molar-refractivity contribution is 5.91. The Bertz CT molecular complexity index is 680. The number of piperidine rings is 1. The molecular weight excluding hydrogens is 368 g/mol. The molecular formula is C22H34N4O3. The van der Waals surface area contributed by atoms with Crippen molar-refractivity contribution >= 4 is 17.7 Å². The summed E-state index contributed by atoms with van der Waals surface area (Å²) < 4.78 is 5.77. The van der Waals surface area contributed by atoms with Crippen LogP contribution in [0.15, 0.2) is 24.3 Å². The standard InChI is InChI=1S/C22H34N4O3/c1-16(2)29-20-11-7-6-10-19(20)25-22(28)26-14-12-18(13-15-26)24-21(27)23-17-8-4-3-5-9-17/h6-7,10-11,16-18H,3-5,8-9,12-15H2,1-2H3,(H,25,28)(H2,23,24,27). The second-order valence-electron chi connectivity index (χ2n) is 8.31. The summed E-state index contributed by atoms with van der Waals surface area (Å²) in [5.74, 6) is 0.673. The van der Waals surface area contributed by atoms with Crippen LogP contribution in [0.3, 0.4) is 0 Å². The summed E-state index contributed by atoms with van der Waals surface area (Å²) in [5, 5.41) is 9.13. The number of ether oxygens (including phenoxy) is 1. The first-order valence-corrected chi connectivity index (χ1v) is 10.9. The Morgan fingerprint density at radius 2 is 1.59 bits per heavy atom. The largest absolute Gasteiger partial charge is 0.489 e. The first-order valence-electron chi connectivity index (χ1n) is 10.9. The van der Waals surface area contributed by atoms with E-state index in [1.807, 2.05) is 38.1 Å². The van der Waals surface area contributed by atoms with Gasteiger partial charge in [-0.1, -0.05) is 31.4 Å². The lowest BCUT2D eigenvalue weighted by atomic mass is 9.96. The molecule has 0 bridgehead atoms. The molecule has 0 radical (unpaired) electrons. The number of benzene rings is 1. The molecule has 160 valence electrons. The summed E-state index contributed by atoms with van der Waals surface area (Å²) in [6.07, 6.45) is 7.38. The SMILES string of the molecule is CC(C)Oc1ccccc1NC(=O)N1CCC(NC(=O)NC2CCCCC2)CC1. The van der Waals surface area contributed by atoms with E-state index in [0.717, 1.165) is 25.7 Å². The van der Waals surface area contributed by atoms with Gasteiger partial charge in [0.2, 0.25) is 0 Å². The quantitative estimate of drug-likeness (QED) is 0.693. The second-order valence-corrected chi connectivity index (χ2v) is 8.31. The van der Waals surface area contributed by atoms with Crippen LogP contribution in [0.25, 0.3) is 0 Å². The predicted molar refractivity (Wildman–Crippen MR) is 114 cm³/mol. The van der Waals surface area contributed by atoms with E-state index in [9.17, 15) is 9.59 Å². The average Bonchev–Trinajstić information content (AvgIpc) is 2.70. The number of likely N-dealkylation sites (tertiary alicyclic amines) is 1. The van der Waals surface area contributed by atoms with Gasteiger partial charge in [0.25, 0.3) is 0 Å². The van der Waals surface area contributed by atoms with Crippen molar-refractivity contribution in [2.45, 2.75) is 77.0 Å². The Balaban J connectivity index is 1.43. The second kappa shape index (κ2) is 10.4. The summed E-state index contributed by atoms with van der Waals surface area (Å²) in [7, 11) is 0. The molecule has 0 aromatic heterocycles. The van der Waals surface area contributed by atoms with Crippen molar-refractivity contribution in [3.63, 3.8) is 0 Å². The average molecular weight is 403 g/mol. The maximum atomic E-state index is 12.7. The summed E-state index contributed by atoms with van der Waals surface area (Å²) in [5.41, 5.74) is 0.679. The van der Waals surface area contributed by atoms with Crippen molar-refractivity contribution in [1.29, 1.82) is 0 Å². The highest BCUT2D eigenvalue weighted by atomic mass is 16.5. The van der Waals surface area contributed by atoms with Gasteiger partial charge in [-0.05, 0) is 51.7 Å². The molecule has 1 aromatic rings. The van der Waals surface area contributed by atoms with Crippen LogP contribution in [0.5, 0.6) is 5.75 Å². The van der Waals surface area contributed by atoms with Gasteiger partial charge >= 0.3 is 12.1 Å². The lowest BCUT2D eigenvalue weighted by molar-refractivity contribution is 0.186. The van der Waals surface area contributed by atoms with Crippen molar-refractivity contribution in [2.24, 2.45) is 0 Å². The number of urea groups is 2. The molecule has 4 amide bonds. The van der Waals surface area contributed by atoms with Crippen molar-refractivity contribution < 1.29 is 14.3 Å². The third-order valence-electron chi connectivity index (χ3n) is 5.55. The van der Waals surface area contributed by atoms with Crippen LogP contribution in [0, 0.1) is 0 Å². The van der Waals surface area contributed by atoms with Crippen LogP contribution in [-0.4, -0.2) is 48.2 Å². The summed E-state index contributed by atoms with van der Waals surface area (Å²) >= 11 is 0. The normalized spacial score (nSPS) is 18.4. The molecule has 1 saturated carbocycles. The summed E-state index contributed by atoms with van der Waals surface area (Å²) in [6.45, 7) is 5.16. The lowest BCUT2D eigenvalue weighted by Crippen LogP contribution is -2.51. The number of carbonyl (C=O) groups excluding carboxylic acids is 2. The van der Waals surface area contributed by atoms with E-state index < -0.39 is 0 Å². The zero-order chi connectivity index (χ0) is 20.6. The molecule has 1 aliphatic carbocycles. The third kappa shape index (κ3) is 6.54. The van der Waals surface area contributed by atoms with Gasteiger partial charge in [0.05, 0.1) is 11.8 Å². The first kappa shape index (κ1) is 21.3. The Morgan fingerprint density at radius 3 is 2.24 bits per heavy atom. The number of rotatable bonds is 5. The van der Waals surface area contributed by atoms with Crippen LogP contribution >= 0.6 is 0 Å². The van der Waals surface area contributed by atoms with E-state index in [1.165, 1.54) is 19.3 Å². The van der Waals surface area contributed by atoms with Gasteiger partial charge in [-0.25, -0.2) is 9.59 Å². The van der Waals surface area contributed by atoms with Crippen LogP contribution < -0.4 is 20.7 Å². The van der Waals surface area contributed by atoms with E-state index in [4.69, 9.17) is 4.74 Å². The molecule has 1 aromatic carbocycles. The zero-order valence-electron chi connectivity index (χ0n) is 17.6. The number of anilines is 1. The third-order valence-corrected chi connectivity index (χ3v) is 5.55. The number of hydrogen-bond donors (Lipinski definition) is 3. The monoisotopic (exact) mass is 402 g/mol. The minimum absolute atomic E-state index is 0.0367. The molecule has 7 nitrogen and oxygen atoms in total. The molecule has 0 atom stereocenters. The highest BCUT2D eigenvalue weighted by Gasteiger charge is 2.25. The molecule has 7 heteroatoms. The van der Waals surface area contributed by atoms with Gasteiger partial charge in [0, 0.05) is 25.2 Å². The molecule has 0 unspecified atom stereocenters. The minimum atomic E-state index is -0.130. The van der Waals surface area contributed by atoms with E-state index in [2.05, 4.69) is 16.0 Å². The molecule has 3 N–H and O–H groups in total. The molecule has 1 saturated heterocycles. The number of hydrogen-bond acceptors (Lipinski definition) is 3. The van der Waals surface area contributed by atoms with E-state index in [1.54, 1.807) is 4.90 Å². The topological polar surface area (TPSA) is 82.7 Å². The summed E-state index contributed by atoms with van der Waals surface area (Å²) in [4.78, 5) is 26.7. The van der Waals surface area contributed by atoms with Crippen molar-refractivity contribution in [1.82, 2.24) is 15.5 Å². The molecule has 29 heavy (non-hydrogen) atoms. The fourth-order valence-corrected chi connectivity index (χ4v) is 4.01. The molecule has 2 fully saturated rings. The van der Waals surface area contributed by atoms with Gasteiger partial charge < -0.3 is 25.6 Å². The van der Waals surface area contributed by atoms with Crippen LogP contribution in [0.1, 0.15) is 58.8 Å². The van der Waals surface area contributed by atoms with Crippen LogP contribution in [0.2, 0.25) is 0 Å². The molecule has 3 rings (SSSR count). The molecule has 2 aliphatic rings. The van der Waals surface area contributed by atoms with Gasteiger partial charge in [-0.3, -0.25) is 0 Å². The first-order chi connectivity index (χ1) is 14.0. The Hall–Kier alpha value is -2.44. The Labute approximate surface area is 173 Å². The van der Waals surface area contributed by atoms with Gasteiger partial charge in [0.1, 0.15) is 5.75 Å². The Kier molecular flexibility index (Phi) is 7.61. The van der Waals surface area contributed by atoms with Gasteiger partial charge in [-0.2, -0.15) is 0 Å². The number of amides is 4. The molecule has 1 heterocycles. The summed E-state index contributed by atoms with van der Waals surface area (Å²) in [6, 6.07) is 7.69. The van der Waals surface area contributed by atoms with Crippen LogP contribution in [-0.2, 0) is 0 Å². The van der Waals surface area contributed by atoms with Crippen LogP contribution in [0.4, 0.5) is 15.3 Å². The fourth-order valence-electron chi connectivity index (χ4n) is 4.01. The lowest BCUT2D eigenvalue weighted by Gasteiger charge is -2.33. The predicted octanol–water partition coefficient (Wildman–Crippen LogP) is 4.10. The van der Waals surface area contributed by atoms with E-state index in [0.29, 0.717) is 30.6 Å². The smallest absolute Gasteiger partial charge is 0.321 e. The maximum Gasteiger partial charge on any atom is 0.321 e.